The van der Waals surface area contributed by atoms with Gasteiger partial charge in [-0.25, -0.2) is 0 Å². The van der Waals surface area contributed by atoms with E-state index in [1.54, 1.807) is 0 Å². The monoisotopic (exact) mass is 226 g/mol. The summed E-state index contributed by atoms with van der Waals surface area (Å²) in [5, 5.41) is 7.38. The minimum absolute atomic E-state index is 0.375. The van der Waals surface area contributed by atoms with Gasteiger partial charge in [-0.3, -0.25) is 0 Å². The summed E-state index contributed by atoms with van der Waals surface area (Å²) in [6.07, 6.45) is 6.41. The van der Waals surface area contributed by atoms with Gasteiger partial charge in [0.15, 0.2) is 0 Å². The first-order valence-electron chi connectivity index (χ1n) is 7.05. The topological polar surface area (TPSA) is 24.1 Å². The minimum Gasteiger partial charge on any atom is -0.316 e. The molecule has 1 fully saturated rings. The SMILES string of the molecule is CCC(CC)(CC)NCC1(C)CCCNC1. The quantitative estimate of drug-likeness (QED) is 0.727. The van der Waals surface area contributed by atoms with Gasteiger partial charge < -0.3 is 10.6 Å². The molecule has 1 aliphatic heterocycles. The van der Waals surface area contributed by atoms with Crippen molar-refractivity contribution < 1.29 is 0 Å². The maximum atomic E-state index is 3.85. The Morgan fingerprint density at radius 3 is 2.25 bits per heavy atom. The van der Waals surface area contributed by atoms with Crippen LogP contribution in [0.15, 0.2) is 0 Å². The molecule has 0 amide bonds. The third-order valence-corrected chi connectivity index (χ3v) is 4.61. The molecule has 1 aliphatic rings. The third-order valence-electron chi connectivity index (χ3n) is 4.61. The molecular formula is C14H30N2. The van der Waals surface area contributed by atoms with Crippen molar-refractivity contribution in [3.05, 3.63) is 0 Å². The van der Waals surface area contributed by atoms with Crippen LogP contribution in [0.2, 0.25) is 0 Å². The molecule has 1 saturated heterocycles. The average molecular weight is 226 g/mol. The molecule has 0 aliphatic carbocycles. The van der Waals surface area contributed by atoms with Crippen molar-refractivity contribution in [2.75, 3.05) is 19.6 Å². The van der Waals surface area contributed by atoms with Crippen LogP contribution in [-0.2, 0) is 0 Å². The summed E-state index contributed by atoms with van der Waals surface area (Å²) in [4.78, 5) is 0. The predicted octanol–water partition coefficient (Wildman–Crippen LogP) is 2.93. The minimum atomic E-state index is 0.375. The second-order valence-corrected chi connectivity index (χ2v) is 5.79. The Labute approximate surface area is 102 Å². The third kappa shape index (κ3) is 3.46. The van der Waals surface area contributed by atoms with Crippen LogP contribution in [0.25, 0.3) is 0 Å². The number of hydrogen-bond acceptors (Lipinski definition) is 2. The predicted molar refractivity (Wildman–Crippen MR) is 71.8 cm³/mol. The average Bonchev–Trinajstić information content (AvgIpc) is 2.33. The zero-order valence-corrected chi connectivity index (χ0v) is 11.7. The molecule has 1 heterocycles. The fourth-order valence-electron chi connectivity index (χ4n) is 2.80. The van der Waals surface area contributed by atoms with Gasteiger partial charge in [-0.05, 0) is 44.1 Å². The van der Waals surface area contributed by atoms with Crippen LogP contribution in [0.4, 0.5) is 0 Å². The molecule has 0 aromatic rings. The Bertz CT molecular complexity index is 183. The smallest absolute Gasteiger partial charge is 0.0173 e. The lowest BCUT2D eigenvalue weighted by atomic mass is 9.81. The molecular weight excluding hydrogens is 196 g/mol. The van der Waals surface area contributed by atoms with Gasteiger partial charge in [0.2, 0.25) is 0 Å². The highest BCUT2D eigenvalue weighted by molar-refractivity contribution is 4.90. The van der Waals surface area contributed by atoms with Crippen molar-refractivity contribution >= 4 is 0 Å². The van der Waals surface area contributed by atoms with Crippen LogP contribution in [0.5, 0.6) is 0 Å². The Morgan fingerprint density at radius 1 is 1.19 bits per heavy atom. The first-order valence-corrected chi connectivity index (χ1v) is 7.05. The summed E-state index contributed by atoms with van der Waals surface area (Å²) >= 11 is 0. The first kappa shape index (κ1) is 14.0. The van der Waals surface area contributed by atoms with E-state index in [0.717, 1.165) is 6.54 Å². The van der Waals surface area contributed by atoms with E-state index in [2.05, 4.69) is 38.3 Å². The van der Waals surface area contributed by atoms with E-state index in [9.17, 15) is 0 Å². The Kier molecular flexibility index (Phi) is 5.26. The molecule has 0 aromatic carbocycles. The maximum Gasteiger partial charge on any atom is 0.0173 e. The van der Waals surface area contributed by atoms with Crippen molar-refractivity contribution in [2.24, 2.45) is 5.41 Å². The maximum absolute atomic E-state index is 3.85. The molecule has 1 rings (SSSR count). The fourth-order valence-corrected chi connectivity index (χ4v) is 2.80. The van der Waals surface area contributed by atoms with E-state index in [4.69, 9.17) is 0 Å². The van der Waals surface area contributed by atoms with Gasteiger partial charge in [0, 0.05) is 18.6 Å². The standard InChI is InChI=1S/C14H30N2/c1-5-14(6-2,7-3)16-12-13(4)9-8-10-15-11-13/h15-16H,5-12H2,1-4H3. The van der Waals surface area contributed by atoms with Crippen molar-refractivity contribution in [1.29, 1.82) is 0 Å². The van der Waals surface area contributed by atoms with E-state index in [1.807, 2.05) is 0 Å². The fraction of sp³-hybridized carbons (Fsp3) is 1.00. The molecule has 0 saturated carbocycles. The van der Waals surface area contributed by atoms with Crippen LogP contribution in [0.3, 0.4) is 0 Å². The second kappa shape index (κ2) is 6.02. The van der Waals surface area contributed by atoms with E-state index >= 15 is 0 Å². The highest BCUT2D eigenvalue weighted by Gasteiger charge is 2.30. The Hall–Kier alpha value is -0.0800. The van der Waals surface area contributed by atoms with E-state index in [1.165, 1.54) is 45.2 Å². The molecule has 2 heteroatoms. The van der Waals surface area contributed by atoms with Gasteiger partial charge >= 0.3 is 0 Å². The van der Waals surface area contributed by atoms with Crippen LogP contribution in [-0.4, -0.2) is 25.2 Å². The normalized spacial score (nSPS) is 27.0. The van der Waals surface area contributed by atoms with Crippen LogP contribution >= 0.6 is 0 Å². The van der Waals surface area contributed by atoms with Crippen molar-refractivity contribution in [3.63, 3.8) is 0 Å². The molecule has 1 unspecified atom stereocenters. The van der Waals surface area contributed by atoms with E-state index in [-0.39, 0.29) is 0 Å². The Morgan fingerprint density at radius 2 is 1.81 bits per heavy atom. The molecule has 0 aromatic heterocycles. The highest BCUT2D eigenvalue weighted by atomic mass is 15.0. The van der Waals surface area contributed by atoms with E-state index < -0.39 is 0 Å². The summed E-state index contributed by atoms with van der Waals surface area (Å²) in [5.41, 5.74) is 0.837. The number of hydrogen-bond donors (Lipinski definition) is 2. The molecule has 16 heavy (non-hydrogen) atoms. The lowest BCUT2D eigenvalue weighted by Gasteiger charge is -2.40. The van der Waals surface area contributed by atoms with Gasteiger partial charge in [-0.15, -0.1) is 0 Å². The molecule has 0 bridgehead atoms. The zero-order valence-electron chi connectivity index (χ0n) is 11.7. The largest absolute Gasteiger partial charge is 0.316 e. The van der Waals surface area contributed by atoms with Gasteiger partial charge in [-0.1, -0.05) is 27.7 Å². The summed E-state index contributed by atoms with van der Waals surface area (Å²) in [5.74, 6) is 0. The molecule has 2 N–H and O–H groups in total. The molecule has 1 atom stereocenters. The van der Waals surface area contributed by atoms with Crippen LogP contribution < -0.4 is 10.6 Å². The molecule has 0 spiro atoms. The molecule has 0 radical (unpaired) electrons. The number of piperidine rings is 1. The Balaban J connectivity index is 2.47. The second-order valence-electron chi connectivity index (χ2n) is 5.79. The first-order chi connectivity index (χ1) is 7.60. The molecule has 2 nitrogen and oxygen atoms in total. The van der Waals surface area contributed by atoms with Crippen molar-refractivity contribution in [1.82, 2.24) is 10.6 Å². The van der Waals surface area contributed by atoms with Crippen molar-refractivity contribution in [2.45, 2.75) is 65.3 Å². The highest BCUT2D eigenvalue weighted by Crippen LogP contribution is 2.27. The summed E-state index contributed by atoms with van der Waals surface area (Å²) in [6.45, 7) is 12.9. The number of nitrogens with one attached hydrogen (secondary N) is 2. The summed E-state index contributed by atoms with van der Waals surface area (Å²) in [7, 11) is 0. The van der Waals surface area contributed by atoms with E-state index in [0.29, 0.717) is 11.0 Å². The van der Waals surface area contributed by atoms with Crippen LogP contribution in [0, 0.1) is 5.41 Å². The van der Waals surface area contributed by atoms with Gasteiger partial charge in [-0.2, -0.15) is 0 Å². The number of rotatable bonds is 6. The lowest BCUT2D eigenvalue weighted by Crippen LogP contribution is -2.52. The lowest BCUT2D eigenvalue weighted by molar-refractivity contribution is 0.182. The van der Waals surface area contributed by atoms with Crippen LogP contribution in [0.1, 0.15) is 59.8 Å². The van der Waals surface area contributed by atoms with Gasteiger partial charge in [0.05, 0.1) is 0 Å². The summed E-state index contributed by atoms with van der Waals surface area (Å²) < 4.78 is 0. The van der Waals surface area contributed by atoms with Gasteiger partial charge in [0.25, 0.3) is 0 Å². The molecule has 96 valence electrons. The zero-order chi connectivity index (χ0) is 12.1. The van der Waals surface area contributed by atoms with Gasteiger partial charge in [0.1, 0.15) is 0 Å². The van der Waals surface area contributed by atoms with Crippen molar-refractivity contribution in [3.8, 4) is 0 Å². The summed E-state index contributed by atoms with van der Waals surface area (Å²) in [6, 6.07) is 0.